The molecule has 164 valence electrons. The van der Waals surface area contributed by atoms with Crippen molar-refractivity contribution in [3.63, 3.8) is 0 Å². The molecule has 0 amide bonds. The van der Waals surface area contributed by atoms with Gasteiger partial charge in [0.2, 0.25) is 0 Å². The standard InChI is InChI=1S/C23H33N3O4/c1-22(28)8-15-30-23(21(22)27)6-11-25(12-7-23)17-19-4-2-5-20(16-19)29-14-3-10-26-13-9-24-18-26/h2,4-5,9,13,16,18,21,27-28H,3,6-8,10-12,14-15,17H2,1H3/t21-,22+/m0/s1. The summed E-state index contributed by atoms with van der Waals surface area (Å²) in [5.74, 6) is 0.897. The molecular weight excluding hydrogens is 382 g/mol. The molecule has 2 aliphatic rings. The van der Waals surface area contributed by atoms with E-state index < -0.39 is 17.3 Å². The zero-order valence-electron chi connectivity index (χ0n) is 17.7. The van der Waals surface area contributed by atoms with E-state index in [0.29, 0.717) is 19.6 Å². The number of ether oxygens (including phenoxy) is 2. The van der Waals surface area contributed by atoms with Gasteiger partial charge >= 0.3 is 0 Å². The Hall–Kier alpha value is -1.93. The third kappa shape index (κ3) is 4.86. The Bertz CT molecular complexity index is 801. The number of aliphatic hydroxyl groups is 2. The number of aryl methyl sites for hydroxylation is 1. The minimum atomic E-state index is -1.07. The Balaban J connectivity index is 1.25. The summed E-state index contributed by atoms with van der Waals surface area (Å²) < 4.78 is 14.0. The molecule has 0 saturated carbocycles. The molecule has 2 atom stereocenters. The summed E-state index contributed by atoms with van der Waals surface area (Å²) in [7, 11) is 0. The largest absolute Gasteiger partial charge is 0.494 e. The molecule has 3 heterocycles. The van der Waals surface area contributed by atoms with Crippen molar-refractivity contribution in [3.8, 4) is 5.75 Å². The van der Waals surface area contributed by atoms with E-state index in [1.165, 1.54) is 5.56 Å². The van der Waals surface area contributed by atoms with Crippen molar-refractivity contribution in [2.75, 3.05) is 26.3 Å². The molecule has 0 unspecified atom stereocenters. The van der Waals surface area contributed by atoms with Crippen LogP contribution in [0.3, 0.4) is 0 Å². The maximum Gasteiger partial charge on any atom is 0.119 e. The number of benzene rings is 1. The Labute approximate surface area is 178 Å². The SMILES string of the molecule is C[C@@]1(O)CCOC2(CCN(Cc3cccc(OCCCn4ccnc4)c3)CC2)[C@H]1O. The second kappa shape index (κ2) is 9.06. The number of imidazole rings is 1. The maximum absolute atomic E-state index is 10.7. The lowest BCUT2D eigenvalue weighted by molar-refractivity contribution is -0.246. The van der Waals surface area contributed by atoms with E-state index in [1.54, 1.807) is 13.1 Å². The van der Waals surface area contributed by atoms with Crippen LogP contribution in [-0.4, -0.2) is 68.3 Å². The quantitative estimate of drug-likeness (QED) is 0.675. The summed E-state index contributed by atoms with van der Waals surface area (Å²) in [6, 6.07) is 8.27. The molecule has 2 N–H and O–H groups in total. The maximum atomic E-state index is 10.7. The topological polar surface area (TPSA) is 80.0 Å². The molecule has 2 fully saturated rings. The van der Waals surface area contributed by atoms with E-state index in [0.717, 1.165) is 51.2 Å². The highest BCUT2D eigenvalue weighted by Crippen LogP contribution is 2.40. The van der Waals surface area contributed by atoms with Crippen LogP contribution in [0, 0.1) is 0 Å². The van der Waals surface area contributed by atoms with E-state index >= 15 is 0 Å². The van der Waals surface area contributed by atoms with Crippen LogP contribution in [0.25, 0.3) is 0 Å². The van der Waals surface area contributed by atoms with Gasteiger partial charge in [-0.15, -0.1) is 0 Å². The normalized spacial score (nSPS) is 26.7. The van der Waals surface area contributed by atoms with Gasteiger partial charge in [0.1, 0.15) is 11.9 Å². The number of rotatable bonds is 7. The minimum absolute atomic E-state index is 0.481. The van der Waals surface area contributed by atoms with Crippen LogP contribution < -0.4 is 4.74 Å². The van der Waals surface area contributed by atoms with E-state index in [9.17, 15) is 10.2 Å². The fourth-order valence-electron chi connectivity index (χ4n) is 4.60. The average molecular weight is 416 g/mol. The molecule has 4 rings (SSSR count). The Morgan fingerprint density at radius 3 is 2.87 bits per heavy atom. The summed E-state index contributed by atoms with van der Waals surface area (Å²) in [5.41, 5.74) is -0.460. The first-order valence-corrected chi connectivity index (χ1v) is 10.9. The number of hydrogen-bond acceptors (Lipinski definition) is 6. The van der Waals surface area contributed by atoms with Crippen LogP contribution in [0.2, 0.25) is 0 Å². The monoisotopic (exact) mass is 415 g/mol. The Morgan fingerprint density at radius 1 is 1.27 bits per heavy atom. The van der Waals surface area contributed by atoms with Crippen LogP contribution in [0.5, 0.6) is 5.75 Å². The zero-order chi connectivity index (χ0) is 21.0. The molecule has 0 aliphatic carbocycles. The van der Waals surface area contributed by atoms with Crippen molar-refractivity contribution < 1.29 is 19.7 Å². The minimum Gasteiger partial charge on any atom is -0.494 e. The van der Waals surface area contributed by atoms with Crippen LogP contribution in [0.15, 0.2) is 43.0 Å². The molecule has 1 spiro atoms. The number of hydrogen-bond donors (Lipinski definition) is 2. The zero-order valence-corrected chi connectivity index (χ0v) is 17.7. The third-order valence-electron chi connectivity index (χ3n) is 6.48. The molecule has 7 nitrogen and oxygen atoms in total. The second-order valence-corrected chi connectivity index (χ2v) is 8.85. The number of piperidine rings is 1. The second-order valence-electron chi connectivity index (χ2n) is 8.85. The highest BCUT2D eigenvalue weighted by molar-refractivity contribution is 5.28. The lowest BCUT2D eigenvalue weighted by Crippen LogP contribution is -2.64. The van der Waals surface area contributed by atoms with Gasteiger partial charge in [-0.1, -0.05) is 12.1 Å². The molecule has 0 radical (unpaired) electrons. The van der Waals surface area contributed by atoms with Crippen molar-refractivity contribution in [2.45, 2.75) is 63.0 Å². The van der Waals surface area contributed by atoms with E-state index in [2.05, 4.69) is 26.6 Å². The van der Waals surface area contributed by atoms with Crippen molar-refractivity contribution in [1.29, 1.82) is 0 Å². The van der Waals surface area contributed by atoms with Gasteiger partial charge in [0.05, 0.1) is 30.7 Å². The molecule has 2 saturated heterocycles. The smallest absolute Gasteiger partial charge is 0.119 e. The highest BCUT2D eigenvalue weighted by atomic mass is 16.5. The van der Waals surface area contributed by atoms with Crippen LogP contribution in [0.4, 0.5) is 0 Å². The number of nitrogens with zero attached hydrogens (tertiary/aromatic N) is 3. The summed E-state index contributed by atoms with van der Waals surface area (Å²) in [4.78, 5) is 6.43. The predicted octanol–water partition coefficient (Wildman–Crippen LogP) is 2.22. The predicted molar refractivity (Wildman–Crippen MR) is 113 cm³/mol. The molecule has 7 heteroatoms. The van der Waals surface area contributed by atoms with Gasteiger partial charge < -0.3 is 24.3 Å². The van der Waals surface area contributed by atoms with Gasteiger partial charge in [0.25, 0.3) is 0 Å². The Kier molecular flexibility index (Phi) is 6.43. The van der Waals surface area contributed by atoms with Gasteiger partial charge in [0.15, 0.2) is 0 Å². The summed E-state index contributed by atoms with van der Waals surface area (Å²) >= 11 is 0. The fraction of sp³-hybridized carbons (Fsp3) is 0.609. The van der Waals surface area contributed by atoms with Crippen molar-refractivity contribution >= 4 is 0 Å². The van der Waals surface area contributed by atoms with Crippen LogP contribution in [-0.2, 0) is 17.8 Å². The molecule has 2 aromatic rings. The van der Waals surface area contributed by atoms with Crippen molar-refractivity contribution in [1.82, 2.24) is 14.5 Å². The van der Waals surface area contributed by atoms with Gasteiger partial charge in [-0.05, 0) is 43.9 Å². The molecular formula is C23H33N3O4. The summed E-state index contributed by atoms with van der Waals surface area (Å²) in [6.07, 6.45) is 7.61. The lowest BCUT2D eigenvalue weighted by Gasteiger charge is -2.51. The van der Waals surface area contributed by atoms with E-state index in [-0.39, 0.29) is 0 Å². The van der Waals surface area contributed by atoms with Gasteiger partial charge in [-0.25, -0.2) is 4.98 Å². The summed E-state index contributed by atoms with van der Waals surface area (Å²) in [6.45, 7) is 6.31. The first-order valence-electron chi connectivity index (χ1n) is 10.9. The first-order chi connectivity index (χ1) is 14.5. The first kappa shape index (κ1) is 21.3. The highest BCUT2D eigenvalue weighted by Gasteiger charge is 2.52. The van der Waals surface area contributed by atoms with Crippen molar-refractivity contribution in [3.05, 3.63) is 48.5 Å². The van der Waals surface area contributed by atoms with E-state index in [1.807, 2.05) is 24.7 Å². The lowest BCUT2D eigenvalue weighted by atomic mass is 9.75. The molecule has 0 bridgehead atoms. The Morgan fingerprint density at radius 2 is 2.10 bits per heavy atom. The molecule has 30 heavy (non-hydrogen) atoms. The average Bonchev–Trinajstić information content (AvgIpc) is 3.25. The van der Waals surface area contributed by atoms with Gasteiger partial charge in [-0.3, -0.25) is 4.90 Å². The van der Waals surface area contributed by atoms with E-state index in [4.69, 9.17) is 9.47 Å². The van der Waals surface area contributed by atoms with Crippen molar-refractivity contribution in [2.24, 2.45) is 0 Å². The van der Waals surface area contributed by atoms with Gasteiger partial charge in [-0.2, -0.15) is 0 Å². The summed E-state index contributed by atoms with van der Waals surface area (Å²) in [5, 5.41) is 21.1. The number of aliphatic hydroxyl groups excluding tert-OH is 1. The third-order valence-corrected chi connectivity index (χ3v) is 6.48. The number of likely N-dealkylation sites (tertiary alicyclic amines) is 1. The number of aromatic nitrogens is 2. The molecule has 1 aromatic heterocycles. The van der Waals surface area contributed by atoms with Crippen LogP contribution >= 0.6 is 0 Å². The molecule has 2 aliphatic heterocycles. The van der Waals surface area contributed by atoms with Crippen LogP contribution in [0.1, 0.15) is 38.2 Å². The van der Waals surface area contributed by atoms with Gasteiger partial charge in [0, 0.05) is 45.0 Å². The fourth-order valence-corrected chi connectivity index (χ4v) is 4.60. The molecule has 1 aromatic carbocycles.